The van der Waals surface area contributed by atoms with Crippen LogP contribution in [0, 0.1) is 0 Å². The van der Waals surface area contributed by atoms with Gasteiger partial charge in [0.25, 0.3) is 0 Å². The number of aryl methyl sites for hydroxylation is 1. The highest BCUT2D eigenvalue weighted by Crippen LogP contribution is 2.18. The molecule has 3 rings (SSSR count). The lowest BCUT2D eigenvalue weighted by molar-refractivity contribution is 0.415. The lowest BCUT2D eigenvalue weighted by Gasteiger charge is -2.09. The molecule has 0 amide bonds. The molecule has 0 radical (unpaired) electrons. The van der Waals surface area contributed by atoms with E-state index in [9.17, 15) is 0 Å². The summed E-state index contributed by atoms with van der Waals surface area (Å²) in [5.74, 6) is 2.91. The third kappa shape index (κ3) is 6.67. The van der Waals surface area contributed by atoms with E-state index in [2.05, 4.69) is 42.7 Å². The first-order valence-electron chi connectivity index (χ1n) is 9.15. The minimum Gasteiger partial charge on any atom is -0.497 e. The van der Waals surface area contributed by atoms with E-state index in [1.54, 1.807) is 25.5 Å². The predicted octanol–water partition coefficient (Wildman–Crippen LogP) is 3.02. The van der Waals surface area contributed by atoms with Crippen LogP contribution in [-0.4, -0.2) is 46.8 Å². The summed E-state index contributed by atoms with van der Waals surface area (Å²) in [6.45, 7) is 3.41. The van der Waals surface area contributed by atoms with E-state index >= 15 is 0 Å². The Kier molecular flexibility index (Phi) is 9.32. The van der Waals surface area contributed by atoms with E-state index in [-0.39, 0.29) is 24.0 Å². The van der Waals surface area contributed by atoms with Gasteiger partial charge >= 0.3 is 0 Å². The number of aliphatic imine (C=N–C) groups is 1. The summed E-state index contributed by atoms with van der Waals surface area (Å²) in [5.41, 5.74) is 0.931. The van der Waals surface area contributed by atoms with Gasteiger partial charge in [0.05, 0.1) is 18.7 Å². The van der Waals surface area contributed by atoms with Gasteiger partial charge in [-0.2, -0.15) is 5.10 Å². The third-order valence-corrected chi connectivity index (χ3v) is 5.31. The van der Waals surface area contributed by atoms with Gasteiger partial charge in [-0.1, -0.05) is 6.92 Å². The number of aromatic amines is 1. The molecule has 0 aliphatic carbocycles. The molecule has 0 aliphatic heterocycles. The summed E-state index contributed by atoms with van der Waals surface area (Å²) in [4.78, 5) is 14.5. The molecule has 0 spiro atoms. The van der Waals surface area contributed by atoms with Gasteiger partial charge in [0.15, 0.2) is 11.8 Å². The average Bonchev–Trinajstić information content (AvgIpc) is 3.40. The van der Waals surface area contributed by atoms with E-state index in [4.69, 9.17) is 4.74 Å². The van der Waals surface area contributed by atoms with Gasteiger partial charge in [0.1, 0.15) is 11.6 Å². The van der Waals surface area contributed by atoms with Crippen LogP contribution in [0.25, 0.3) is 11.4 Å². The second-order valence-electron chi connectivity index (χ2n) is 6.01. The lowest BCUT2D eigenvalue weighted by atomic mass is 10.2. The molecule has 0 bridgehead atoms. The van der Waals surface area contributed by atoms with Gasteiger partial charge in [-0.15, -0.1) is 35.3 Å². The first-order chi connectivity index (χ1) is 13.7. The van der Waals surface area contributed by atoms with Crippen molar-refractivity contribution in [3.05, 3.63) is 46.2 Å². The van der Waals surface area contributed by atoms with Crippen molar-refractivity contribution in [2.75, 3.05) is 20.7 Å². The SMILES string of the molecule is CCc1cnc(CCNC(=NC)NCc2nc(-c3ccc(OC)cc3)n[nH]2)s1.I. The zero-order chi connectivity index (χ0) is 19.8. The Balaban J connectivity index is 0.00000300. The normalized spacial score (nSPS) is 11.1. The molecule has 2 aromatic heterocycles. The van der Waals surface area contributed by atoms with Gasteiger partial charge < -0.3 is 15.4 Å². The molecule has 156 valence electrons. The molecule has 10 heteroatoms. The molecule has 0 saturated carbocycles. The number of hydrogen-bond acceptors (Lipinski definition) is 6. The van der Waals surface area contributed by atoms with Crippen molar-refractivity contribution in [2.45, 2.75) is 26.3 Å². The Morgan fingerprint density at radius 2 is 2.03 bits per heavy atom. The van der Waals surface area contributed by atoms with Gasteiger partial charge in [0.2, 0.25) is 0 Å². The number of ether oxygens (including phenoxy) is 1. The number of hydrogen-bond donors (Lipinski definition) is 3. The summed E-state index contributed by atoms with van der Waals surface area (Å²) >= 11 is 1.76. The van der Waals surface area contributed by atoms with Crippen molar-refractivity contribution in [3.63, 3.8) is 0 Å². The second kappa shape index (κ2) is 11.7. The molecule has 29 heavy (non-hydrogen) atoms. The molecule has 0 fully saturated rings. The van der Waals surface area contributed by atoms with Crippen LogP contribution in [0.15, 0.2) is 35.5 Å². The van der Waals surface area contributed by atoms with Crippen molar-refractivity contribution in [1.82, 2.24) is 30.8 Å². The smallest absolute Gasteiger partial charge is 0.191 e. The monoisotopic (exact) mass is 527 g/mol. The number of rotatable bonds is 8. The summed E-state index contributed by atoms with van der Waals surface area (Å²) in [5, 5.41) is 14.9. The van der Waals surface area contributed by atoms with Crippen LogP contribution in [-0.2, 0) is 19.4 Å². The molecule has 3 N–H and O–H groups in total. The average molecular weight is 527 g/mol. The van der Waals surface area contributed by atoms with Gasteiger partial charge in [-0.25, -0.2) is 9.97 Å². The van der Waals surface area contributed by atoms with E-state index in [1.165, 1.54) is 4.88 Å². The number of halogens is 1. The molecular formula is C19H26IN7OS. The van der Waals surface area contributed by atoms with Crippen LogP contribution in [0.5, 0.6) is 5.75 Å². The van der Waals surface area contributed by atoms with Crippen molar-refractivity contribution in [2.24, 2.45) is 4.99 Å². The zero-order valence-corrected chi connectivity index (χ0v) is 19.9. The van der Waals surface area contributed by atoms with Crippen LogP contribution in [0.2, 0.25) is 0 Å². The fraction of sp³-hybridized carbons (Fsp3) is 0.368. The van der Waals surface area contributed by atoms with Gasteiger partial charge in [0, 0.05) is 36.7 Å². The zero-order valence-electron chi connectivity index (χ0n) is 16.7. The summed E-state index contributed by atoms with van der Waals surface area (Å²) < 4.78 is 5.17. The maximum absolute atomic E-state index is 5.17. The first kappa shape index (κ1) is 23.1. The number of benzene rings is 1. The number of aromatic nitrogens is 4. The number of nitrogens with one attached hydrogen (secondary N) is 3. The van der Waals surface area contributed by atoms with E-state index in [0.717, 1.165) is 47.5 Å². The molecule has 0 aliphatic rings. The van der Waals surface area contributed by atoms with Gasteiger partial charge in [-0.3, -0.25) is 10.1 Å². The molecule has 0 saturated heterocycles. The number of methoxy groups -OCH3 is 1. The Morgan fingerprint density at radius 1 is 1.24 bits per heavy atom. The molecule has 2 heterocycles. The topological polar surface area (TPSA) is 100 Å². The Bertz CT molecular complexity index is 907. The van der Waals surface area contributed by atoms with Crippen molar-refractivity contribution < 1.29 is 4.74 Å². The van der Waals surface area contributed by atoms with E-state index in [1.807, 2.05) is 30.5 Å². The van der Waals surface area contributed by atoms with Gasteiger partial charge in [-0.05, 0) is 30.7 Å². The summed E-state index contributed by atoms with van der Waals surface area (Å²) in [6.07, 6.45) is 3.86. The number of nitrogens with zero attached hydrogens (tertiary/aromatic N) is 4. The van der Waals surface area contributed by atoms with Crippen LogP contribution in [0.1, 0.15) is 22.6 Å². The summed E-state index contributed by atoms with van der Waals surface area (Å²) in [7, 11) is 3.39. The molecule has 3 aromatic rings. The van der Waals surface area contributed by atoms with Crippen molar-refractivity contribution in [1.29, 1.82) is 0 Å². The van der Waals surface area contributed by atoms with Crippen molar-refractivity contribution >= 4 is 41.3 Å². The summed E-state index contributed by atoms with van der Waals surface area (Å²) in [6, 6.07) is 7.65. The quantitative estimate of drug-likeness (QED) is 0.237. The second-order valence-corrected chi connectivity index (χ2v) is 7.21. The van der Waals surface area contributed by atoms with Crippen LogP contribution in [0.4, 0.5) is 0 Å². The fourth-order valence-corrected chi connectivity index (χ4v) is 3.41. The molecule has 1 aromatic carbocycles. The largest absolute Gasteiger partial charge is 0.497 e. The highest BCUT2D eigenvalue weighted by molar-refractivity contribution is 14.0. The first-order valence-corrected chi connectivity index (χ1v) is 9.97. The lowest BCUT2D eigenvalue weighted by Crippen LogP contribution is -2.38. The minimum atomic E-state index is 0. The van der Waals surface area contributed by atoms with Crippen LogP contribution < -0.4 is 15.4 Å². The third-order valence-electron chi connectivity index (χ3n) is 4.11. The molecule has 8 nitrogen and oxygen atoms in total. The minimum absolute atomic E-state index is 0. The predicted molar refractivity (Wildman–Crippen MR) is 127 cm³/mol. The van der Waals surface area contributed by atoms with Crippen molar-refractivity contribution in [3.8, 4) is 17.1 Å². The number of guanidine groups is 1. The van der Waals surface area contributed by atoms with Crippen LogP contribution >= 0.6 is 35.3 Å². The Morgan fingerprint density at radius 3 is 2.69 bits per heavy atom. The van der Waals surface area contributed by atoms with E-state index in [0.29, 0.717) is 12.4 Å². The molecular weight excluding hydrogens is 501 g/mol. The fourth-order valence-electron chi connectivity index (χ4n) is 2.55. The van der Waals surface area contributed by atoms with E-state index < -0.39 is 0 Å². The maximum Gasteiger partial charge on any atom is 0.191 e. The highest BCUT2D eigenvalue weighted by atomic mass is 127. The Hall–Kier alpha value is -2.21. The standard InChI is InChI=1S/C19H25N7OS.HI/c1-4-15-11-22-17(28-15)9-10-21-19(20-2)23-12-16-24-18(26-25-16)13-5-7-14(27-3)8-6-13;/h5-8,11H,4,9-10,12H2,1-3H3,(H2,20,21,23)(H,24,25,26);1H. The maximum atomic E-state index is 5.17. The number of H-pyrrole nitrogens is 1. The number of thiazole rings is 1. The molecule has 0 atom stereocenters. The van der Waals surface area contributed by atoms with Crippen LogP contribution in [0.3, 0.4) is 0 Å². The molecule has 0 unspecified atom stereocenters. The highest BCUT2D eigenvalue weighted by Gasteiger charge is 2.07. The Labute approximate surface area is 191 Å².